The lowest BCUT2D eigenvalue weighted by Gasteiger charge is -2.22. The topological polar surface area (TPSA) is 26.3 Å². The number of carbonyl (C=O) groups excluding carboxylic acids is 1. The Morgan fingerprint density at radius 1 is 1.67 bits per heavy atom. The third kappa shape index (κ3) is 2.25. The predicted octanol–water partition coefficient (Wildman–Crippen LogP) is 1.61. The third-order valence-corrected chi connectivity index (χ3v) is 1.37. The second-order valence-electron chi connectivity index (χ2n) is 2.78. The Morgan fingerprint density at radius 3 is 2.58 bits per heavy atom. The minimum Gasteiger partial charge on any atom is -0.451 e. The highest BCUT2D eigenvalue weighted by molar-refractivity contribution is 5.80. The third-order valence-electron chi connectivity index (χ3n) is 1.37. The van der Waals surface area contributed by atoms with Crippen LogP contribution in [-0.4, -0.2) is 17.7 Å². The minimum atomic E-state index is -4.34. The lowest BCUT2D eigenvalue weighted by molar-refractivity contribution is -0.176. The van der Waals surface area contributed by atoms with Crippen LogP contribution in [0.4, 0.5) is 13.2 Å². The molecule has 2 nitrogen and oxygen atoms in total. The maximum absolute atomic E-state index is 11.8. The first-order valence-corrected chi connectivity index (χ1v) is 3.21. The summed E-state index contributed by atoms with van der Waals surface area (Å²) in [6, 6.07) is 0. The molecule has 0 aromatic heterocycles. The van der Waals surface area contributed by atoms with Crippen molar-refractivity contribution in [2.24, 2.45) is 0 Å². The van der Waals surface area contributed by atoms with Crippen LogP contribution in [0.5, 0.6) is 0 Å². The molecule has 0 amide bonds. The van der Waals surface area contributed by atoms with E-state index in [-0.39, 0.29) is 0 Å². The fourth-order valence-corrected chi connectivity index (χ4v) is 0.967. The van der Waals surface area contributed by atoms with Crippen molar-refractivity contribution in [2.75, 3.05) is 0 Å². The molecule has 67 valence electrons. The first-order valence-electron chi connectivity index (χ1n) is 3.21. The van der Waals surface area contributed by atoms with Crippen LogP contribution in [0.1, 0.15) is 13.3 Å². The predicted molar refractivity (Wildman–Crippen MR) is 33.0 cm³/mol. The molecule has 1 aliphatic heterocycles. The highest BCUT2D eigenvalue weighted by atomic mass is 19.4. The first kappa shape index (κ1) is 9.09. The van der Waals surface area contributed by atoms with E-state index in [1.807, 2.05) is 6.08 Å². The Morgan fingerprint density at radius 2 is 2.25 bits per heavy atom. The normalized spacial score (nSPS) is 29.2. The molecule has 5 heteroatoms. The minimum absolute atomic E-state index is 0.846. The van der Waals surface area contributed by atoms with Crippen LogP contribution in [0.3, 0.4) is 0 Å². The molecule has 1 heterocycles. The van der Waals surface area contributed by atoms with Crippen LogP contribution in [0.2, 0.25) is 0 Å². The molecule has 0 N–H and O–H groups in total. The van der Waals surface area contributed by atoms with Gasteiger partial charge in [-0.05, 0) is 13.0 Å². The van der Waals surface area contributed by atoms with Crippen LogP contribution in [0, 0.1) is 6.08 Å². The van der Waals surface area contributed by atoms with Gasteiger partial charge in [0.1, 0.15) is 5.60 Å². The van der Waals surface area contributed by atoms with E-state index < -0.39 is 24.2 Å². The van der Waals surface area contributed by atoms with Gasteiger partial charge in [-0.25, -0.2) is 4.79 Å². The number of rotatable bonds is 1. The zero-order valence-corrected chi connectivity index (χ0v) is 6.23. The molecule has 0 saturated carbocycles. The maximum Gasteiger partial charge on any atom is 0.393 e. The summed E-state index contributed by atoms with van der Waals surface area (Å²) in [6.45, 7) is 1.19. The highest BCUT2D eigenvalue weighted by Crippen LogP contribution is 2.32. The molecule has 0 aromatic carbocycles. The fraction of sp³-hybridized carbons (Fsp3) is 0.571. The summed E-state index contributed by atoms with van der Waals surface area (Å²) in [6.07, 6.45) is -2.45. The van der Waals surface area contributed by atoms with Gasteiger partial charge >= 0.3 is 12.1 Å². The number of halogens is 3. The van der Waals surface area contributed by atoms with Gasteiger partial charge in [0.15, 0.2) is 0 Å². The van der Waals surface area contributed by atoms with Gasteiger partial charge in [0, 0.05) is 0 Å². The Kier molecular flexibility index (Phi) is 1.89. The SMILES string of the molecule is C[C@@]1(CC(F)(F)F)C=[C]C(=O)O1. The van der Waals surface area contributed by atoms with E-state index in [9.17, 15) is 18.0 Å². The Bertz CT molecular complexity index is 231. The monoisotopic (exact) mass is 179 g/mol. The quantitative estimate of drug-likeness (QED) is 0.571. The molecule has 0 aliphatic carbocycles. The number of cyclic esters (lactones) is 1. The number of esters is 1. The van der Waals surface area contributed by atoms with E-state index in [0.717, 1.165) is 6.08 Å². The van der Waals surface area contributed by atoms with Crippen LogP contribution in [-0.2, 0) is 9.53 Å². The van der Waals surface area contributed by atoms with Crippen molar-refractivity contribution in [1.82, 2.24) is 0 Å². The standard InChI is InChI=1S/C7H6F3O2/c1-6(4-7(8,9)10)3-2-5(11)12-6/h3H,4H2,1H3/t6-/m0/s1. The summed E-state index contributed by atoms with van der Waals surface area (Å²) in [5.41, 5.74) is -1.56. The van der Waals surface area contributed by atoms with Gasteiger partial charge in [-0.1, -0.05) is 0 Å². The maximum atomic E-state index is 11.8. The summed E-state index contributed by atoms with van der Waals surface area (Å²) < 4.78 is 39.9. The van der Waals surface area contributed by atoms with Gasteiger partial charge in [-0.3, -0.25) is 0 Å². The van der Waals surface area contributed by atoms with Crippen molar-refractivity contribution < 1.29 is 22.7 Å². The van der Waals surface area contributed by atoms with E-state index >= 15 is 0 Å². The zero-order valence-electron chi connectivity index (χ0n) is 6.23. The van der Waals surface area contributed by atoms with E-state index in [2.05, 4.69) is 4.74 Å². The van der Waals surface area contributed by atoms with Gasteiger partial charge in [0.2, 0.25) is 0 Å². The first-order chi connectivity index (χ1) is 5.31. The van der Waals surface area contributed by atoms with Gasteiger partial charge in [0.05, 0.1) is 12.5 Å². The van der Waals surface area contributed by atoms with Crippen LogP contribution in [0.15, 0.2) is 6.08 Å². The van der Waals surface area contributed by atoms with Gasteiger partial charge in [0.25, 0.3) is 0 Å². The molecular formula is C7H6F3O2. The van der Waals surface area contributed by atoms with E-state index in [4.69, 9.17) is 0 Å². The Labute approximate surface area is 67.0 Å². The van der Waals surface area contributed by atoms with Crippen molar-refractivity contribution >= 4 is 5.97 Å². The smallest absolute Gasteiger partial charge is 0.393 e. The second kappa shape index (κ2) is 2.50. The van der Waals surface area contributed by atoms with Gasteiger partial charge in [-0.15, -0.1) is 0 Å². The van der Waals surface area contributed by atoms with Crippen molar-refractivity contribution in [3.05, 3.63) is 12.2 Å². The van der Waals surface area contributed by atoms with Gasteiger partial charge < -0.3 is 4.74 Å². The van der Waals surface area contributed by atoms with Crippen LogP contribution < -0.4 is 0 Å². The summed E-state index contributed by atoms with van der Waals surface area (Å²) in [4.78, 5) is 10.4. The Balaban J connectivity index is 2.64. The van der Waals surface area contributed by atoms with Crippen molar-refractivity contribution in [2.45, 2.75) is 25.1 Å². The van der Waals surface area contributed by atoms with E-state index in [1.54, 1.807) is 0 Å². The van der Waals surface area contributed by atoms with Crippen LogP contribution >= 0.6 is 0 Å². The lowest BCUT2D eigenvalue weighted by Crippen LogP contribution is -2.30. The molecule has 12 heavy (non-hydrogen) atoms. The number of alkyl halides is 3. The Hall–Kier alpha value is -1.00. The van der Waals surface area contributed by atoms with Crippen molar-refractivity contribution in [3.8, 4) is 0 Å². The summed E-state index contributed by atoms with van der Waals surface area (Å²) in [7, 11) is 0. The average molecular weight is 179 g/mol. The van der Waals surface area contributed by atoms with Crippen molar-refractivity contribution in [3.63, 3.8) is 0 Å². The molecule has 0 unspecified atom stereocenters. The number of hydrogen-bond acceptors (Lipinski definition) is 2. The molecule has 1 rings (SSSR count). The summed E-state index contributed by atoms with van der Waals surface area (Å²) >= 11 is 0. The largest absolute Gasteiger partial charge is 0.451 e. The summed E-state index contributed by atoms with van der Waals surface area (Å²) in [5.74, 6) is -0.846. The fourth-order valence-electron chi connectivity index (χ4n) is 0.967. The molecule has 1 aliphatic rings. The highest BCUT2D eigenvalue weighted by Gasteiger charge is 2.42. The molecule has 0 spiro atoms. The van der Waals surface area contributed by atoms with Gasteiger partial charge in [-0.2, -0.15) is 13.2 Å². The number of ether oxygens (including phenoxy) is 1. The zero-order chi connectivity index (χ0) is 9.41. The van der Waals surface area contributed by atoms with E-state index in [1.165, 1.54) is 6.92 Å². The average Bonchev–Trinajstić information content (AvgIpc) is 2.05. The molecule has 0 saturated heterocycles. The van der Waals surface area contributed by atoms with Crippen LogP contribution in [0.25, 0.3) is 0 Å². The van der Waals surface area contributed by atoms with E-state index in [0.29, 0.717) is 0 Å². The molecule has 1 atom stereocenters. The van der Waals surface area contributed by atoms with Crippen molar-refractivity contribution in [1.29, 1.82) is 0 Å². The number of hydrogen-bond donors (Lipinski definition) is 0. The molecular weight excluding hydrogens is 173 g/mol. The molecule has 0 fully saturated rings. The molecule has 1 radical (unpaired) electrons. The number of carbonyl (C=O) groups is 1. The lowest BCUT2D eigenvalue weighted by atomic mass is 10.0. The summed E-state index contributed by atoms with van der Waals surface area (Å²) in [5, 5.41) is 0. The molecule has 0 bridgehead atoms. The second-order valence-corrected chi connectivity index (χ2v) is 2.78. The molecule has 0 aromatic rings.